The Balaban J connectivity index is 1.88. The van der Waals surface area contributed by atoms with Gasteiger partial charge in [-0.3, -0.25) is 4.79 Å². The van der Waals surface area contributed by atoms with Gasteiger partial charge in [0.15, 0.2) is 5.76 Å². The molecule has 2 aromatic rings. The van der Waals surface area contributed by atoms with Gasteiger partial charge in [-0.05, 0) is 37.1 Å². The monoisotopic (exact) mass is 321 g/mol. The van der Waals surface area contributed by atoms with E-state index in [0.717, 1.165) is 41.4 Å². The molecule has 0 bridgehead atoms. The van der Waals surface area contributed by atoms with Crippen LogP contribution in [0.1, 0.15) is 36.2 Å². The molecule has 0 N–H and O–H groups in total. The number of hydrogen-bond acceptors (Lipinski definition) is 2. The minimum absolute atomic E-state index is 0.0224. The molecular formula is C15H16BrNO2. The molecule has 2 heterocycles. The fraction of sp³-hybridized carbons (Fsp3) is 0.400. The highest BCUT2D eigenvalue weighted by atomic mass is 79.9. The fourth-order valence-corrected chi connectivity index (χ4v) is 2.88. The van der Waals surface area contributed by atoms with E-state index >= 15 is 0 Å². The summed E-state index contributed by atoms with van der Waals surface area (Å²) in [6, 6.07) is 7.66. The lowest BCUT2D eigenvalue weighted by atomic mass is 10.2. The number of rotatable bonds is 1. The van der Waals surface area contributed by atoms with Crippen molar-refractivity contribution in [2.24, 2.45) is 0 Å². The number of benzene rings is 1. The summed E-state index contributed by atoms with van der Waals surface area (Å²) >= 11 is 3.41. The van der Waals surface area contributed by atoms with Crippen LogP contribution in [-0.2, 0) is 0 Å². The predicted molar refractivity (Wildman–Crippen MR) is 78.3 cm³/mol. The smallest absolute Gasteiger partial charge is 0.289 e. The Kier molecular flexibility index (Phi) is 3.60. The number of halogens is 1. The molecule has 1 amide bonds. The molecular weight excluding hydrogens is 306 g/mol. The SMILES string of the molecule is O=C(c1cc2ccc(Br)cc2o1)N1CCCCCC1. The Labute approximate surface area is 120 Å². The minimum Gasteiger partial charge on any atom is -0.451 e. The second-order valence-corrected chi connectivity index (χ2v) is 5.91. The van der Waals surface area contributed by atoms with Gasteiger partial charge in [-0.15, -0.1) is 0 Å². The van der Waals surface area contributed by atoms with Gasteiger partial charge >= 0.3 is 0 Å². The van der Waals surface area contributed by atoms with Gasteiger partial charge in [0.25, 0.3) is 5.91 Å². The lowest BCUT2D eigenvalue weighted by Gasteiger charge is -2.18. The van der Waals surface area contributed by atoms with Crippen LogP contribution in [0.5, 0.6) is 0 Å². The number of nitrogens with zero attached hydrogens (tertiary/aromatic N) is 1. The summed E-state index contributed by atoms with van der Waals surface area (Å²) in [5, 5.41) is 0.973. The lowest BCUT2D eigenvalue weighted by Crippen LogP contribution is -2.31. The molecule has 0 saturated carbocycles. The van der Waals surface area contributed by atoms with Crippen LogP contribution < -0.4 is 0 Å². The van der Waals surface area contributed by atoms with Crippen molar-refractivity contribution in [1.82, 2.24) is 4.90 Å². The van der Waals surface area contributed by atoms with E-state index in [9.17, 15) is 4.79 Å². The standard InChI is InChI=1S/C15H16BrNO2/c16-12-6-5-11-9-14(19-13(11)10-12)15(18)17-7-3-1-2-4-8-17/h5-6,9-10H,1-4,7-8H2. The van der Waals surface area contributed by atoms with Crippen LogP contribution in [0.4, 0.5) is 0 Å². The van der Waals surface area contributed by atoms with Gasteiger partial charge in [0.05, 0.1) is 0 Å². The number of carbonyl (C=O) groups is 1. The maximum absolute atomic E-state index is 12.4. The van der Waals surface area contributed by atoms with Gasteiger partial charge in [0, 0.05) is 22.9 Å². The Hall–Kier alpha value is -1.29. The average Bonchev–Trinajstić information content (AvgIpc) is 2.64. The summed E-state index contributed by atoms with van der Waals surface area (Å²) in [6.07, 6.45) is 4.63. The van der Waals surface area contributed by atoms with Crippen LogP contribution in [0.15, 0.2) is 33.2 Å². The Bertz CT molecular complexity index is 597. The van der Waals surface area contributed by atoms with E-state index in [1.54, 1.807) is 0 Å². The first-order valence-corrected chi connectivity index (χ1v) is 7.52. The van der Waals surface area contributed by atoms with E-state index in [-0.39, 0.29) is 5.91 Å². The Morgan fingerprint density at radius 1 is 1.11 bits per heavy atom. The first kappa shape index (κ1) is 12.7. The number of hydrogen-bond donors (Lipinski definition) is 0. The zero-order valence-corrected chi connectivity index (χ0v) is 12.3. The molecule has 4 heteroatoms. The third kappa shape index (κ3) is 2.68. The van der Waals surface area contributed by atoms with E-state index in [0.29, 0.717) is 5.76 Å². The van der Waals surface area contributed by atoms with Crippen molar-refractivity contribution in [2.45, 2.75) is 25.7 Å². The second-order valence-electron chi connectivity index (χ2n) is 5.00. The number of furan rings is 1. The molecule has 1 saturated heterocycles. The van der Waals surface area contributed by atoms with Crippen molar-refractivity contribution in [3.63, 3.8) is 0 Å². The zero-order valence-electron chi connectivity index (χ0n) is 10.7. The van der Waals surface area contributed by atoms with Gasteiger partial charge in [-0.25, -0.2) is 0 Å². The Morgan fingerprint density at radius 3 is 2.58 bits per heavy atom. The van der Waals surface area contributed by atoms with E-state index in [4.69, 9.17) is 4.42 Å². The maximum Gasteiger partial charge on any atom is 0.289 e. The molecule has 0 spiro atoms. The summed E-state index contributed by atoms with van der Waals surface area (Å²) in [5.41, 5.74) is 0.757. The number of carbonyl (C=O) groups excluding carboxylic acids is 1. The van der Waals surface area contributed by atoms with Crippen molar-refractivity contribution < 1.29 is 9.21 Å². The van der Waals surface area contributed by atoms with Crippen molar-refractivity contribution in [1.29, 1.82) is 0 Å². The van der Waals surface area contributed by atoms with Gasteiger partial charge in [-0.1, -0.05) is 28.8 Å². The topological polar surface area (TPSA) is 33.5 Å². The van der Waals surface area contributed by atoms with Gasteiger partial charge in [0.2, 0.25) is 0 Å². The lowest BCUT2D eigenvalue weighted by molar-refractivity contribution is 0.0732. The fourth-order valence-electron chi connectivity index (χ4n) is 2.54. The third-order valence-corrected chi connectivity index (χ3v) is 4.08. The highest BCUT2D eigenvalue weighted by Gasteiger charge is 2.20. The van der Waals surface area contributed by atoms with Crippen molar-refractivity contribution in [3.05, 3.63) is 34.5 Å². The minimum atomic E-state index is 0.0224. The van der Waals surface area contributed by atoms with Crippen LogP contribution in [0, 0.1) is 0 Å². The predicted octanol–water partition coefficient (Wildman–Crippen LogP) is 4.21. The summed E-state index contributed by atoms with van der Waals surface area (Å²) in [5.74, 6) is 0.476. The Morgan fingerprint density at radius 2 is 1.84 bits per heavy atom. The molecule has 19 heavy (non-hydrogen) atoms. The van der Waals surface area contributed by atoms with E-state index < -0.39 is 0 Å². The highest BCUT2D eigenvalue weighted by Crippen LogP contribution is 2.24. The van der Waals surface area contributed by atoms with Crippen molar-refractivity contribution >= 4 is 32.8 Å². The summed E-state index contributed by atoms with van der Waals surface area (Å²) in [7, 11) is 0. The third-order valence-electron chi connectivity index (χ3n) is 3.59. The summed E-state index contributed by atoms with van der Waals surface area (Å²) in [6.45, 7) is 1.69. The number of fused-ring (bicyclic) bond motifs is 1. The molecule has 0 unspecified atom stereocenters. The molecule has 1 fully saturated rings. The van der Waals surface area contributed by atoms with E-state index in [2.05, 4.69) is 15.9 Å². The normalized spacial score (nSPS) is 16.6. The number of likely N-dealkylation sites (tertiary alicyclic amines) is 1. The first-order chi connectivity index (χ1) is 9.24. The van der Waals surface area contributed by atoms with Crippen LogP contribution in [-0.4, -0.2) is 23.9 Å². The highest BCUT2D eigenvalue weighted by molar-refractivity contribution is 9.10. The maximum atomic E-state index is 12.4. The largest absolute Gasteiger partial charge is 0.451 e. The van der Waals surface area contributed by atoms with Crippen LogP contribution in [0.3, 0.4) is 0 Å². The summed E-state index contributed by atoms with van der Waals surface area (Å²) in [4.78, 5) is 14.3. The first-order valence-electron chi connectivity index (χ1n) is 6.72. The molecule has 1 aliphatic heterocycles. The zero-order chi connectivity index (χ0) is 13.2. The molecule has 100 valence electrons. The molecule has 1 aromatic carbocycles. The summed E-state index contributed by atoms with van der Waals surface area (Å²) < 4.78 is 6.64. The quantitative estimate of drug-likeness (QED) is 0.788. The molecule has 1 aliphatic rings. The van der Waals surface area contributed by atoms with Crippen molar-refractivity contribution in [2.75, 3.05) is 13.1 Å². The molecule has 3 rings (SSSR count). The van der Waals surface area contributed by atoms with Crippen molar-refractivity contribution in [3.8, 4) is 0 Å². The molecule has 0 atom stereocenters. The van der Waals surface area contributed by atoms with Crippen LogP contribution in [0.25, 0.3) is 11.0 Å². The van der Waals surface area contributed by atoms with Crippen LogP contribution >= 0.6 is 15.9 Å². The van der Waals surface area contributed by atoms with Gasteiger partial charge in [0.1, 0.15) is 5.58 Å². The average molecular weight is 322 g/mol. The number of amides is 1. The molecule has 0 radical (unpaired) electrons. The second kappa shape index (κ2) is 5.37. The molecule has 1 aromatic heterocycles. The van der Waals surface area contributed by atoms with Gasteiger partial charge in [-0.2, -0.15) is 0 Å². The molecule has 0 aliphatic carbocycles. The van der Waals surface area contributed by atoms with E-state index in [1.165, 1.54) is 12.8 Å². The van der Waals surface area contributed by atoms with E-state index in [1.807, 2.05) is 29.2 Å². The molecule has 3 nitrogen and oxygen atoms in total. The van der Waals surface area contributed by atoms with Gasteiger partial charge < -0.3 is 9.32 Å². The van der Waals surface area contributed by atoms with Crippen LogP contribution in [0.2, 0.25) is 0 Å².